The maximum Gasteiger partial charge on any atom is 0.417 e. The molecule has 0 aromatic heterocycles. The van der Waals surface area contributed by atoms with E-state index in [1.807, 2.05) is 0 Å². The van der Waals surface area contributed by atoms with Crippen LogP contribution in [0.4, 0.5) is 13.2 Å². The molecule has 7 heteroatoms. The maximum atomic E-state index is 12.5. The highest BCUT2D eigenvalue weighted by Crippen LogP contribution is 2.37. The van der Waals surface area contributed by atoms with E-state index >= 15 is 0 Å². The van der Waals surface area contributed by atoms with Crippen molar-refractivity contribution in [3.05, 3.63) is 31.9 Å². The van der Waals surface area contributed by atoms with E-state index in [2.05, 4.69) is 15.9 Å². The number of hydrogen-bond donors (Lipinski definition) is 0. The third-order valence-electron chi connectivity index (χ3n) is 1.81. The summed E-state index contributed by atoms with van der Waals surface area (Å²) in [4.78, 5) is 11.3. The van der Waals surface area contributed by atoms with Gasteiger partial charge in [0.15, 0.2) is 5.78 Å². The van der Waals surface area contributed by atoms with E-state index in [1.54, 1.807) is 0 Å². The summed E-state index contributed by atoms with van der Waals surface area (Å²) in [6.07, 6.45) is -4.46. The van der Waals surface area contributed by atoms with Gasteiger partial charge in [-0.05, 0) is 34.7 Å². The predicted octanol–water partition coefficient (Wildman–Crippen LogP) is 4.54. The van der Waals surface area contributed by atoms with Crippen molar-refractivity contribution in [2.45, 2.75) is 6.18 Å². The van der Waals surface area contributed by atoms with Gasteiger partial charge in [-0.15, -0.1) is 0 Å². The van der Waals surface area contributed by atoms with Crippen molar-refractivity contribution < 1.29 is 18.0 Å². The molecule has 0 spiro atoms. The molecule has 0 saturated carbocycles. The van der Waals surface area contributed by atoms with Crippen LogP contribution in [0.25, 0.3) is 0 Å². The Labute approximate surface area is 117 Å². The van der Waals surface area contributed by atoms with Gasteiger partial charge in [0.05, 0.1) is 15.9 Å². The fourth-order valence-electron chi connectivity index (χ4n) is 1.06. The molecule has 0 fully saturated rings. The number of Topliss-reactive ketones (excluding diaryl/α,β-unsaturated/α-hetero) is 1. The highest BCUT2D eigenvalue weighted by atomic mass is 127. The summed E-state index contributed by atoms with van der Waals surface area (Å²) in [5.41, 5.74) is -0.736. The van der Waals surface area contributed by atoms with Gasteiger partial charge in [-0.3, -0.25) is 4.79 Å². The van der Waals surface area contributed by atoms with Crippen LogP contribution in [-0.2, 0) is 6.18 Å². The van der Waals surface area contributed by atoms with Crippen molar-refractivity contribution in [2.75, 3.05) is 5.33 Å². The molecule has 0 aliphatic heterocycles. The van der Waals surface area contributed by atoms with Gasteiger partial charge in [-0.1, -0.05) is 27.5 Å². The van der Waals surface area contributed by atoms with Gasteiger partial charge in [0.25, 0.3) is 0 Å². The summed E-state index contributed by atoms with van der Waals surface area (Å²) in [5.74, 6) is -0.350. The minimum absolute atomic E-state index is 0.0220. The molecule has 1 aromatic carbocycles. The van der Waals surface area contributed by atoms with E-state index in [1.165, 1.54) is 22.6 Å². The number of benzene rings is 1. The van der Waals surface area contributed by atoms with E-state index in [4.69, 9.17) is 11.6 Å². The molecule has 0 N–H and O–H groups in total. The van der Waals surface area contributed by atoms with Crippen LogP contribution in [0, 0.1) is 3.57 Å². The SMILES string of the molecule is O=C(CBr)c1ccc(C(F)(F)F)c(I)c1Cl. The lowest BCUT2D eigenvalue weighted by atomic mass is 10.1. The van der Waals surface area contributed by atoms with Crippen LogP contribution in [-0.4, -0.2) is 11.1 Å². The Bertz CT molecular complexity index is 433. The molecule has 16 heavy (non-hydrogen) atoms. The van der Waals surface area contributed by atoms with Crippen molar-refractivity contribution in [2.24, 2.45) is 0 Å². The Morgan fingerprint density at radius 3 is 2.44 bits per heavy atom. The summed E-state index contributed by atoms with van der Waals surface area (Å²) >= 11 is 10.2. The zero-order valence-corrected chi connectivity index (χ0v) is 12.0. The van der Waals surface area contributed by atoms with Crippen molar-refractivity contribution in [3.63, 3.8) is 0 Å². The molecule has 1 nitrogen and oxygen atoms in total. The zero-order valence-electron chi connectivity index (χ0n) is 7.54. The molecule has 0 aliphatic rings. The fraction of sp³-hybridized carbons (Fsp3) is 0.222. The second-order valence-electron chi connectivity index (χ2n) is 2.84. The third-order valence-corrected chi connectivity index (χ3v) is 4.15. The molecule has 0 bridgehead atoms. The molecule has 0 heterocycles. The molecular weight excluding hydrogens is 423 g/mol. The Balaban J connectivity index is 3.35. The lowest BCUT2D eigenvalue weighted by molar-refractivity contribution is -0.138. The first-order chi connectivity index (χ1) is 7.29. The molecule has 1 rings (SSSR count). The number of rotatable bonds is 2. The second kappa shape index (κ2) is 5.22. The van der Waals surface area contributed by atoms with Crippen LogP contribution in [0.1, 0.15) is 15.9 Å². The van der Waals surface area contributed by atoms with Crippen LogP contribution >= 0.6 is 50.1 Å². The topological polar surface area (TPSA) is 17.1 Å². The van der Waals surface area contributed by atoms with Gasteiger partial charge in [-0.25, -0.2) is 0 Å². The highest BCUT2D eigenvalue weighted by Gasteiger charge is 2.34. The number of carbonyl (C=O) groups excluding carboxylic acids is 1. The van der Waals surface area contributed by atoms with Gasteiger partial charge < -0.3 is 0 Å². The van der Waals surface area contributed by atoms with Crippen molar-refractivity contribution in [1.29, 1.82) is 0 Å². The van der Waals surface area contributed by atoms with Crippen LogP contribution < -0.4 is 0 Å². The minimum atomic E-state index is -4.46. The lowest BCUT2D eigenvalue weighted by Gasteiger charge is -2.12. The summed E-state index contributed by atoms with van der Waals surface area (Å²) in [6.45, 7) is 0. The summed E-state index contributed by atoms with van der Waals surface area (Å²) in [6, 6.07) is 1.96. The largest absolute Gasteiger partial charge is 0.417 e. The lowest BCUT2D eigenvalue weighted by Crippen LogP contribution is -2.10. The van der Waals surface area contributed by atoms with Gasteiger partial charge in [0, 0.05) is 9.13 Å². The Morgan fingerprint density at radius 1 is 1.44 bits per heavy atom. The number of alkyl halides is 4. The van der Waals surface area contributed by atoms with Crippen LogP contribution in [0.3, 0.4) is 0 Å². The van der Waals surface area contributed by atoms with Crippen molar-refractivity contribution >= 4 is 55.9 Å². The monoisotopic (exact) mass is 426 g/mol. The molecule has 0 radical (unpaired) electrons. The first kappa shape index (κ1) is 14.2. The Kier molecular flexibility index (Phi) is 4.65. The summed E-state index contributed by atoms with van der Waals surface area (Å²) < 4.78 is 37.3. The molecule has 88 valence electrons. The summed E-state index contributed by atoms with van der Waals surface area (Å²) in [5, 5.41) is -0.131. The highest BCUT2D eigenvalue weighted by molar-refractivity contribution is 14.1. The van der Waals surface area contributed by atoms with E-state index in [0.29, 0.717) is 0 Å². The second-order valence-corrected chi connectivity index (χ2v) is 4.86. The van der Waals surface area contributed by atoms with Gasteiger partial charge >= 0.3 is 6.18 Å². The summed E-state index contributed by atoms with van der Waals surface area (Å²) in [7, 11) is 0. The number of ketones is 1. The number of hydrogen-bond acceptors (Lipinski definition) is 1. The molecule has 0 saturated heterocycles. The number of halogens is 6. The zero-order chi connectivity index (χ0) is 12.5. The van der Waals surface area contributed by atoms with Crippen LogP contribution in [0.2, 0.25) is 5.02 Å². The van der Waals surface area contributed by atoms with Crippen LogP contribution in [0.15, 0.2) is 12.1 Å². The molecule has 1 aromatic rings. The van der Waals surface area contributed by atoms with E-state index in [9.17, 15) is 18.0 Å². The first-order valence-electron chi connectivity index (χ1n) is 3.93. The fourth-order valence-corrected chi connectivity index (χ4v) is 2.40. The average molecular weight is 427 g/mol. The molecule has 0 atom stereocenters. The molecule has 0 aliphatic carbocycles. The predicted molar refractivity (Wildman–Crippen MR) is 67.3 cm³/mol. The maximum absolute atomic E-state index is 12.5. The van der Waals surface area contributed by atoms with Gasteiger partial charge in [-0.2, -0.15) is 13.2 Å². The normalized spacial score (nSPS) is 11.6. The first-order valence-corrected chi connectivity index (χ1v) is 6.51. The van der Waals surface area contributed by atoms with Gasteiger partial charge in [0.2, 0.25) is 0 Å². The standard InChI is InChI=1S/C9H4BrClF3IO/c10-3-6(16)4-1-2-5(9(12,13)14)8(15)7(4)11/h1-2H,3H2. The minimum Gasteiger partial charge on any atom is -0.293 e. The van der Waals surface area contributed by atoms with Gasteiger partial charge in [0.1, 0.15) is 0 Å². The smallest absolute Gasteiger partial charge is 0.293 e. The third kappa shape index (κ3) is 2.89. The number of carbonyl (C=O) groups is 1. The van der Waals surface area contributed by atoms with Crippen molar-refractivity contribution in [3.8, 4) is 0 Å². The van der Waals surface area contributed by atoms with E-state index in [0.717, 1.165) is 12.1 Å². The average Bonchev–Trinajstić information content (AvgIpc) is 2.19. The Morgan fingerprint density at radius 2 is 2.00 bits per heavy atom. The molecule has 0 amide bonds. The van der Waals surface area contributed by atoms with Crippen molar-refractivity contribution in [1.82, 2.24) is 0 Å². The Hall–Kier alpha value is 0.180. The van der Waals surface area contributed by atoms with Crippen LogP contribution in [0.5, 0.6) is 0 Å². The van der Waals surface area contributed by atoms with E-state index < -0.39 is 11.7 Å². The molecular formula is C9H4BrClF3IO. The molecule has 0 unspecified atom stereocenters. The quantitative estimate of drug-likeness (QED) is 0.385. The van der Waals surface area contributed by atoms with E-state index in [-0.39, 0.29) is 25.3 Å².